The summed E-state index contributed by atoms with van der Waals surface area (Å²) in [5.41, 5.74) is 3.29. The van der Waals surface area contributed by atoms with Crippen LogP contribution in [0.5, 0.6) is 17.2 Å². The van der Waals surface area contributed by atoms with E-state index in [0.29, 0.717) is 17.2 Å². The lowest BCUT2D eigenvalue weighted by atomic mass is 9.87. The molecule has 0 spiro atoms. The van der Waals surface area contributed by atoms with Gasteiger partial charge in [0.05, 0.1) is 13.2 Å². The van der Waals surface area contributed by atoms with Gasteiger partial charge in [-0.15, -0.1) is 6.42 Å². The molecule has 1 N–H and O–H groups in total. The lowest BCUT2D eigenvalue weighted by molar-refractivity contribution is -0.153. The normalized spacial score (nSPS) is 18.2. The van der Waals surface area contributed by atoms with Gasteiger partial charge in [-0.05, 0) is 47.5 Å². The van der Waals surface area contributed by atoms with Crippen molar-refractivity contribution in [2.24, 2.45) is 0 Å². The largest absolute Gasteiger partial charge is 0.481 e. The van der Waals surface area contributed by atoms with Crippen LogP contribution >= 0.6 is 0 Å². The highest BCUT2D eigenvalue weighted by Crippen LogP contribution is 2.44. The molecule has 34 heavy (non-hydrogen) atoms. The number of terminal acetylenes is 1. The molecule has 2 aliphatic rings. The average Bonchev–Trinajstić information content (AvgIpc) is 3.48. The summed E-state index contributed by atoms with van der Waals surface area (Å²) in [7, 11) is 1.31. The number of hydrogen-bond donors (Lipinski definition) is 1. The predicted octanol–water partition coefficient (Wildman–Crippen LogP) is 3.11. The summed E-state index contributed by atoms with van der Waals surface area (Å²) in [5, 5.41) is 0.884. The first kappa shape index (κ1) is 21.5. The van der Waals surface area contributed by atoms with Gasteiger partial charge in [0.2, 0.25) is 12.7 Å². The maximum atomic E-state index is 13.1. The van der Waals surface area contributed by atoms with Gasteiger partial charge in [0.15, 0.2) is 11.5 Å². The third kappa shape index (κ3) is 3.42. The molecule has 172 valence electrons. The molecule has 0 fully saturated rings. The number of nitrogens with zero attached hydrogens (tertiary/aromatic N) is 1. The topological polar surface area (TPSA) is 90.1 Å². The molecule has 1 amide bonds. The summed E-state index contributed by atoms with van der Waals surface area (Å²) in [6.07, 6.45) is 6.80. The lowest BCUT2D eigenvalue weighted by Gasteiger charge is -2.40. The molecule has 5 rings (SSSR count). The first-order valence-electron chi connectivity index (χ1n) is 10.7. The van der Waals surface area contributed by atoms with Crippen LogP contribution in [0.1, 0.15) is 22.9 Å². The maximum Gasteiger partial charge on any atom is 0.328 e. The van der Waals surface area contributed by atoms with Crippen LogP contribution in [0.25, 0.3) is 10.9 Å². The van der Waals surface area contributed by atoms with E-state index in [1.165, 1.54) is 18.1 Å². The molecular formula is C26H22N2O6. The second-order valence-corrected chi connectivity index (χ2v) is 7.93. The van der Waals surface area contributed by atoms with Crippen LogP contribution in [-0.4, -0.2) is 48.3 Å². The fraction of sp³-hybridized carbons (Fsp3) is 0.231. The molecule has 0 aliphatic carbocycles. The van der Waals surface area contributed by atoms with E-state index in [1.807, 2.05) is 30.3 Å². The Kier molecular flexibility index (Phi) is 5.38. The Morgan fingerprint density at radius 1 is 1.26 bits per heavy atom. The monoisotopic (exact) mass is 458 g/mol. The van der Waals surface area contributed by atoms with Crippen molar-refractivity contribution in [1.82, 2.24) is 9.88 Å². The standard InChI is InChI=1S/C26H22N2O6/c1-4-10-32-16-7-8-19-17(12-16)18-13-20(26(30)31-3)28(23(29)5-2)25(24(18)27-19)15-6-9-21-22(11-15)34-14-33-21/h1,5-9,11-12,20,25,27H,2,10,13-14H2,3H3/t20-,25+/m0/s1. The van der Waals surface area contributed by atoms with Gasteiger partial charge in [0.1, 0.15) is 18.4 Å². The zero-order valence-electron chi connectivity index (χ0n) is 18.5. The van der Waals surface area contributed by atoms with Gasteiger partial charge in [-0.1, -0.05) is 18.6 Å². The van der Waals surface area contributed by atoms with Gasteiger partial charge < -0.3 is 28.8 Å². The van der Waals surface area contributed by atoms with E-state index in [-0.39, 0.29) is 25.7 Å². The van der Waals surface area contributed by atoms with Crippen molar-refractivity contribution in [3.05, 3.63) is 65.9 Å². The summed E-state index contributed by atoms with van der Waals surface area (Å²) >= 11 is 0. The highest BCUT2D eigenvalue weighted by molar-refractivity contribution is 5.94. The van der Waals surface area contributed by atoms with E-state index in [0.717, 1.165) is 27.7 Å². The lowest BCUT2D eigenvalue weighted by Crippen LogP contribution is -2.51. The van der Waals surface area contributed by atoms with E-state index in [1.54, 1.807) is 6.07 Å². The van der Waals surface area contributed by atoms with E-state index in [4.69, 9.17) is 25.4 Å². The minimum absolute atomic E-state index is 0.127. The Hall–Kier alpha value is -4.38. The molecule has 0 radical (unpaired) electrons. The van der Waals surface area contributed by atoms with Crippen LogP contribution in [0.4, 0.5) is 0 Å². The molecule has 8 nitrogen and oxygen atoms in total. The Bertz CT molecular complexity index is 1350. The highest BCUT2D eigenvalue weighted by atomic mass is 16.7. The Morgan fingerprint density at radius 3 is 2.85 bits per heavy atom. The third-order valence-corrected chi connectivity index (χ3v) is 6.13. The highest BCUT2D eigenvalue weighted by Gasteiger charge is 2.43. The first-order chi connectivity index (χ1) is 16.5. The number of aromatic amines is 1. The second kappa shape index (κ2) is 8.52. The van der Waals surface area contributed by atoms with E-state index in [2.05, 4.69) is 17.5 Å². The van der Waals surface area contributed by atoms with Gasteiger partial charge in [-0.3, -0.25) is 4.79 Å². The zero-order chi connectivity index (χ0) is 23.8. The van der Waals surface area contributed by atoms with Crippen LogP contribution in [0.15, 0.2) is 49.1 Å². The van der Waals surface area contributed by atoms with Crippen LogP contribution in [0.3, 0.4) is 0 Å². The van der Waals surface area contributed by atoms with Crippen molar-refractivity contribution in [1.29, 1.82) is 0 Å². The molecule has 1 aromatic heterocycles. The van der Waals surface area contributed by atoms with Crippen molar-refractivity contribution in [2.45, 2.75) is 18.5 Å². The minimum Gasteiger partial charge on any atom is -0.481 e. The Morgan fingerprint density at radius 2 is 2.09 bits per heavy atom. The number of rotatable bonds is 5. The Balaban J connectivity index is 1.72. The number of carbonyl (C=O) groups excluding carboxylic acids is 2. The fourth-order valence-electron chi connectivity index (χ4n) is 4.66. The number of carbonyl (C=O) groups is 2. The molecule has 2 aromatic carbocycles. The number of hydrogen-bond acceptors (Lipinski definition) is 6. The molecule has 2 atom stereocenters. The minimum atomic E-state index is -0.854. The number of nitrogens with one attached hydrogen (secondary N) is 1. The third-order valence-electron chi connectivity index (χ3n) is 6.13. The van der Waals surface area contributed by atoms with Crippen molar-refractivity contribution < 1.29 is 28.5 Å². The first-order valence-corrected chi connectivity index (χ1v) is 10.7. The van der Waals surface area contributed by atoms with Crippen LogP contribution < -0.4 is 14.2 Å². The number of aromatic nitrogens is 1. The van der Waals surface area contributed by atoms with Gasteiger partial charge in [-0.2, -0.15) is 0 Å². The predicted molar refractivity (Wildman–Crippen MR) is 124 cm³/mol. The molecule has 8 heteroatoms. The van der Waals surface area contributed by atoms with Crippen molar-refractivity contribution in [2.75, 3.05) is 20.5 Å². The van der Waals surface area contributed by atoms with Gasteiger partial charge in [0.25, 0.3) is 0 Å². The molecule has 3 aromatic rings. The van der Waals surface area contributed by atoms with Gasteiger partial charge in [-0.25, -0.2) is 4.79 Å². The molecule has 0 saturated heterocycles. The fourth-order valence-corrected chi connectivity index (χ4v) is 4.66. The van der Waals surface area contributed by atoms with Crippen molar-refractivity contribution >= 4 is 22.8 Å². The smallest absolute Gasteiger partial charge is 0.328 e. The van der Waals surface area contributed by atoms with Crippen molar-refractivity contribution in [3.8, 4) is 29.6 Å². The quantitative estimate of drug-likeness (QED) is 0.359. The average molecular weight is 458 g/mol. The van der Waals surface area contributed by atoms with E-state index < -0.39 is 18.1 Å². The molecule has 2 aliphatic heterocycles. The van der Waals surface area contributed by atoms with Crippen LogP contribution in [0, 0.1) is 12.3 Å². The summed E-state index contributed by atoms with van der Waals surface area (Å²) in [4.78, 5) is 30.9. The Labute approximate surface area is 196 Å². The number of methoxy groups -OCH3 is 1. The summed E-state index contributed by atoms with van der Waals surface area (Å²) in [6, 6.07) is 9.61. The molecule has 0 saturated carbocycles. The number of H-pyrrole nitrogens is 1. The molecule has 0 bridgehead atoms. The molecule has 3 heterocycles. The summed E-state index contributed by atoms with van der Waals surface area (Å²) < 4.78 is 21.7. The number of ether oxygens (including phenoxy) is 4. The maximum absolute atomic E-state index is 13.1. The summed E-state index contributed by atoms with van der Waals surface area (Å²) in [5.74, 6) is 3.37. The number of amides is 1. The van der Waals surface area contributed by atoms with Gasteiger partial charge in [0, 0.05) is 23.0 Å². The molecular weight excluding hydrogens is 436 g/mol. The zero-order valence-corrected chi connectivity index (χ0v) is 18.5. The number of esters is 1. The van der Waals surface area contributed by atoms with Crippen molar-refractivity contribution in [3.63, 3.8) is 0 Å². The number of benzene rings is 2. The number of fused-ring (bicyclic) bond motifs is 4. The van der Waals surface area contributed by atoms with Crippen LogP contribution in [0.2, 0.25) is 0 Å². The SMILES string of the molecule is C#CCOc1ccc2[nH]c3c(c2c1)C[C@@H](C(=O)OC)N(C(=O)C=C)[C@@H]3c1ccc2c(c1)OCO2. The molecule has 0 unspecified atom stereocenters. The van der Waals surface area contributed by atoms with E-state index in [9.17, 15) is 9.59 Å². The van der Waals surface area contributed by atoms with Gasteiger partial charge >= 0.3 is 5.97 Å². The summed E-state index contributed by atoms with van der Waals surface area (Å²) in [6.45, 7) is 3.92. The van der Waals surface area contributed by atoms with Crippen LogP contribution in [-0.2, 0) is 20.7 Å². The van der Waals surface area contributed by atoms with E-state index >= 15 is 0 Å². The second-order valence-electron chi connectivity index (χ2n) is 7.93.